The number of nitrogens with zero attached hydrogens (tertiary/aromatic N) is 3. The number of H-pyrrole nitrogens is 1. The summed E-state index contributed by atoms with van der Waals surface area (Å²) in [6.07, 6.45) is 0. The van der Waals surface area contributed by atoms with E-state index in [1.807, 2.05) is 0 Å². The van der Waals surface area contributed by atoms with Gasteiger partial charge in [0, 0.05) is 0 Å². The van der Waals surface area contributed by atoms with Crippen LogP contribution in [0.5, 0.6) is 0 Å². The van der Waals surface area contributed by atoms with Gasteiger partial charge in [0.1, 0.15) is 5.66 Å². The van der Waals surface area contributed by atoms with Crippen molar-refractivity contribution >= 4 is 0 Å². The molecule has 0 aliphatic carbocycles. The Balaban J connectivity index is 3.06. The molecular formula is C7H9N5O2. The number of nitrogens with two attached hydrogens (primary N) is 1. The summed E-state index contributed by atoms with van der Waals surface area (Å²) >= 11 is 0. The van der Waals surface area contributed by atoms with Crippen molar-refractivity contribution in [2.75, 3.05) is 5.84 Å². The van der Waals surface area contributed by atoms with Gasteiger partial charge in [-0.2, -0.15) is 4.68 Å². The molecule has 0 fully saturated rings. The van der Waals surface area contributed by atoms with Gasteiger partial charge in [0.25, 0.3) is 0 Å². The Hall–Kier alpha value is -1.92. The van der Waals surface area contributed by atoms with E-state index >= 15 is 0 Å². The van der Waals surface area contributed by atoms with E-state index in [4.69, 9.17) is 5.84 Å². The molecule has 1 aliphatic rings. The Morgan fingerprint density at radius 2 is 2.00 bits per heavy atom. The van der Waals surface area contributed by atoms with E-state index in [0.717, 1.165) is 0 Å². The summed E-state index contributed by atoms with van der Waals surface area (Å²) in [5, 5.41) is 0.108. The van der Waals surface area contributed by atoms with E-state index in [1.165, 1.54) is 0 Å². The van der Waals surface area contributed by atoms with Crippen molar-refractivity contribution in [2.45, 2.75) is 19.5 Å². The van der Waals surface area contributed by atoms with Gasteiger partial charge >= 0.3 is 11.2 Å². The average molecular weight is 195 g/mol. The molecule has 1 aliphatic heterocycles. The summed E-state index contributed by atoms with van der Waals surface area (Å²) in [5.74, 6) is 5.20. The lowest BCUT2D eigenvalue weighted by atomic mass is 10.3. The van der Waals surface area contributed by atoms with E-state index in [2.05, 4.69) is 15.0 Å². The quantitative estimate of drug-likeness (QED) is 0.438. The van der Waals surface area contributed by atoms with E-state index < -0.39 is 16.9 Å². The van der Waals surface area contributed by atoms with Gasteiger partial charge in [-0.25, -0.2) is 14.8 Å². The van der Waals surface area contributed by atoms with Crippen molar-refractivity contribution in [3.8, 4) is 0 Å². The molecule has 0 saturated carbocycles. The third kappa shape index (κ3) is 1.05. The van der Waals surface area contributed by atoms with Crippen LogP contribution in [0.15, 0.2) is 19.6 Å². The van der Waals surface area contributed by atoms with Crippen LogP contribution < -0.4 is 27.9 Å². The molecule has 1 aromatic heterocycles. The van der Waals surface area contributed by atoms with Crippen LogP contribution in [0.1, 0.15) is 13.8 Å². The highest BCUT2D eigenvalue weighted by Gasteiger charge is 2.21. The maximum absolute atomic E-state index is 11.4. The molecule has 0 unspecified atom stereocenters. The summed E-state index contributed by atoms with van der Waals surface area (Å²) in [6.45, 7) is 3.46. The lowest BCUT2D eigenvalue weighted by Crippen LogP contribution is -2.55. The topological polar surface area (TPSA) is 106 Å². The first-order valence-corrected chi connectivity index (χ1v) is 4.01. The number of nitrogens with one attached hydrogen (secondary N) is 1. The third-order valence-electron chi connectivity index (χ3n) is 1.86. The minimum absolute atomic E-state index is 0.108. The predicted molar refractivity (Wildman–Crippen MR) is 47.9 cm³/mol. The van der Waals surface area contributed by atoms with Crippen LogP contribution in [0.2, 0.25) is 0 Å². The molecule has 0 aromatic carbocycles. The van der Waals surface area contributed by atoms with Crippen LogP contribution >= 0.6 is 0 Å². The lowest BCUT2D eigenvalue weighted by molar-refractivity contribution is 0.546. The zero-order chi connectivity index (χ0) is 10.5. The molecule has 0 saturated heterocycles. The highest BCUT2D eigenvalue weighted by atomic mass is 16.2. The molecule has 0 spiro atoms. The first kappa shape index (κ1) is 8.67. The second-order valence-corrected chi connectivity index (χ2v) is 3.52. The maximum Gasteiger partial charge on any atom is 0.348 e. The van der Waals surface area contributed by atoms with Crippen molar-refractivity contribution in [3.05, 3.63) is 31.7 Å². The zero-order valence-corrected chi connectivity index (χ0v) is 7.74. The number of rotatable bonds is 0. The van der Waals surface area contributed by atoms with Gasteiger partial charge in [0.15, 0.2) is 10.8 Å². The largest absolute Gasteiger partial charge is 0.348 e. The fourth-order valence-electron chi connectivity index (χ4n) is 1.28. The van der Waals surface area contributed by atoms with E-state index in [1.54, 1.807) is 13.8 Å². The normalized spacial score (nSPS) is 17.0. The fourth-order valence-corrected chi connectivity index (χ4v) is 1.28. The monoisotopic (exact) mass is 195 g/mol. The summed E-state index contributed by atoms with van der Waals surface area (Å²) in [7, 11) is 0. The molecule has 1 aromatic rings. The maximum atomic E-state index is 11.4. The molecule has 14 heavy (non-hydrogen) atoms. The molecule has 2 heterocycles. The number of hydrogen-bond acceptors (Lipinski definition) is 5. The van der Waals surface area contributed by atoms with E-state index in [0.29, 0.717) is 4.68 Å². The van der Waals surface area contributed by atoms with Crippen molar-refractivity contribution in [1.82, 2.24) is 9.66 Å². The second-order valence-electron chi connectivity index (χ2n) is 3.52. The Labute approximate surface area is 77.6 Å². The smallest absolute Gasteiger partial charge is 0.332 e. The van der Waals surface area contributed by atoms with Crippen LogP contribution in [-0.2, 0) is 0 Å². The summed E-state index contributed by atoms with van der Waals surface area (Å²) in [5.41, 5.74) is -1.83. The SMILES string of the molecule is CC1(C)N=c2[nH]c(=O)n(N)c(=O)c2=N1. The summed E-state index contributed by atoms with van der Waals surface area (Å²) in [6, 6.07) is 0. The van der Waals surface area contributed by atoms with Gasteiger partial charge < -0.3 is 5.84 Å². The molecule has 0 amide bonds. The van der Waals surface area contributed by atoms with Crippen molar-refractivity contribution in [1.29, 1.82) is 0 Å². The Morgan fingerprint density at radius 1 is 1.36 bits per heavy atom. The zero-order valence-electron chi connectivity index (χ0n) is 7.74. The number of aromatic nitrogens is 2. The molecule has 7 heteroatoms. The van der Waals surface area contributed by atoms with E-state index in [9.17, 15) is 9.59 Å². The Bertz CT molecular complexity index is 621. The minimum Gasteiger partial charge on any atom is -0.332 e. The van der Waals surface area contributed by atoms with Gasteiger partial charge in [-0.05, 0) is 13.8 Å². The molecular weight excluding hydrogens is 186 g/mol. The molecule has 2 rings (SSSR count). The fraction of sp³-hybridized carbons (Fsp3) is 0.429. The average Bonchev–Trinajstić information content (AvgIpc) is 2.37. The number of aromatic amines is 1. The Kier molecular flexibility index (Phi) is 1.43. The molecule has 0 radical (unpaired) electrons. The van der Waals surface area contributed by atoms with E-state index in [-0.39, 0.29) is 10.8 Å². The first-order valence-electron chi connectivity index (χ1n) is 4.01. The number of fused-ring (bicyclic) bond motifs is 1. The predicted octanol–water partition coefficient (Wildman–Crippen LogP) is -2.76. The molecule has 3 N–H and O–H groups in total. The summed E-state index contributed by atoms with van der Waals surface area (Å²) in [4.78, 5) is 33.0. The lowest BCUT2D eigenvalue weighted by Gasteiger charge is -2.06. The van der Waals surface area contributed by atoms with Crippen LogP contribution in [0.4, 0.5) is 0 Å². The van der Waals surface area contributed by atoms with Gasteiger partial charge in [-0.15, -0.1) is 0 Å². The number of hydrogen-bond donors (Lipinski definition) is 2. The molecule has 0 atom stereocenters. The Morgan fingerprint density at radius 3 is 2.64 bits per heavy atom. The van der Waals surface area contributed by atoms with Gasteiger partial charge in [0.2, 0.25) is 0 Å². The van der Waals surface area contributed by atoms with Gasteiger partial charge in [-0.3, -0.25) is 9.78 Å². The third-order valence-corrected chi connectivity index (χ3v) is 1.86. The first-order chi connectivity index (χ1) is 6.41. The van der Waals surface area contributed by atoms with Gasteiger partial charge in [-0.1, -0.05) is 0 Å². The molecule has 74 valence electrons. The highest BCUT2D eigenvalue weighted by Crippen LogP contribution is 2.08. The standard InChI is InChI=1S/C7H9N5O2/c1-7(2)10-3-4(11-7)9-6(14)12(8)5(3)13/h8H2,1-2H3,(H,9,11,14). The van der Waals surface area contributed by atoms with Crippen LogP contribution in [-0.4, -0.2) is 15.3 Å². The van der Waals surface area contributed by atoms with Crippen molar-refractivity contribution in [3.63, 3.8) is 0 Å². The second kappa shape index (κ2) is 2.31. The number of nitrogen functional groups attached to an aromatic ring is 1. The highest BCUT2D eigenvalue weighted by molar-refractivity contribution is 4.94. The van der Waals surface area contributed by atoms with Crippen molar-refractivity contribution in [2.24, 2.45) is 9.98 Å². The summed E-state index contributed by atoms with van der Waals surface area (Å²) < 4.78 is 0.485. The molecule has 0 bridgehead atoms. The van der Waals surface area contributed by atoms with Crippen LogP contribution in [0, 0.1) is 0 Å². The van der Waals surface area contributed by atoms with Crippen LogP contribution in [0.3, 0.4) is 0 Å². The van der Waals surface area contributed by atoms with Crippen LogP contribution in [0.25, 0.3) is 0 Å². The minimum atomic E-state index is -0.710. The van der Waals surface area contributed by atoms with Crippen molar-refractivity contribution < 1.29 is 0 Å². The van der Waals surface area contributed by atoms with Gasteiger partial charge in [0.05, 0.1) is 0 Å². The molecule has 7 nitrogen and oxygen atoms in total.